The molecule has 1 N–H and O–H groups in total. The molecule has 0 saturated carbocycles. The number of ether oxygens (including phenoxy) is 2. The molecule has 21 heavy (non-hydrogen) atoms. The zero-order valence-corrected chi connectivity index (χ0v) is 12.8. The van der Waals surface area contributed by atoms with Gasteiger partial charge in [0.15, 0.2) is 11.5 Å². The second kappa shape index (κ2) is 5.58. The fraction of sp³-hybridized carbons (Fsp3) is 0.294. The largest absolute Gasteiger partial charge is 0.486 e. The summed E-state index contributed by atoms with van der Waals surface area (Å²) in [5.74, 6) is 1.14. The molecule has 0 aliphatic carbocycles. The molecule has 2 aromatic carbocycles. The van der Waals surface area contributed by atoms with E-state index in [1.807, 2.05) is 26.0 Å². The highest BCUT2D eigenvalue weighted by atomic mass is 35.5. The first-order chi connectivity index (χ1) is 10.0. The average molecular weight is 305 g/mol. The quantitative estimate of drug-likeness (QED) is 0.917. The maximum Gasteiger partial charge on any atom is 0.179 e. The van der Waals surface area contributed by atoms with Crippen molar-refractivity contribution in [3.63, 3.8) is 0 Å². The van der Waals surface area contributed by atoms with Crippen molar-refractivity contribution in [3.8, 4) is 11.5 Å². The van der Waals surface area contributed by atoms with E-state index in [2.05, 4.69) is 6.07 Å². The number of benzene rings is 2. The van der Waals surface area contributed by atoms with Crippen LogP contribution in [-0.2, 0) is 0 Å². The Labute approximate surface area is 129 Å². The standard InChI is InChI=1S/C17H17ClO3/c1-10-5-11(2)7-12(6-10)16(19)13-8-14(18)17-15(9-13)20-3-4-21-17/h5-9,16,19H,3-4H2,1-2H3. The zero-order chi connectivity index (χ0) is 15.0. The van der Waals surface area contributed by atoms with Crippen LogP contribution in [0.3, 0.4) is 0 Å². The molecule has 110 valence electrons. The first-order valence-electron chi connectivity index (χ1n) is 6.90. The van der Waals surface area contributed by atoms with E-state index in [0.29, 0.717) is 35.3 Å². The van der Waals surface area contributed by atoms with Crippen LogP contribution in [0, 0.1) is 13.8 Å². The Kier molecular flexibility index (Phi) is 3.79. The van der Waals surface area contributed by atoms with E-state index < -0.39 is 6.10 Å². The van der Waals surface area contributed by atoms with Gasteiger partial charge >= 0.3 is 0 Å². The van der Waals surface area contributed by atoms with Crippen LogP contribution < -0.4 is 9.47 Å². The number of halogens is 1. The van der Waals surface area contributed by atoms with Gasteiger partial charge in [-0.25, -0.2) is 0 Å². The highest BCUT2D eigenvalue weighted by Crippen LogP contribution is 2.40. The number of hydrogen-bond donors (Lipinski definition) is 1. The minimum atomic E-state index is -0.739. The van der Waals surface area contributed by atoms with E-state index in [4.69, 9.17) is 21.1 Å². The Hall–Kier alpha value is -1.71. The molecule has 0 fully saturated rings. The molecule has 1 aliphatic rings. The molecular formula is C17H17ClO3. The third-order valence-corrected chi connectivity index (χ3v) is 3.78. The molecule has 4 heteroatoms. The highest BCUT2D eigenvalue weighted by molar-refractivity contribution is 6.32. The molecule has 0 bridgehead atoms. The van der Waals surface area contributed by atoms with E-state index >= 15 is 0 Å². The van der Waals surface area contributed by atoms with Gasteiger partial charge in [-0.05, 0) is 37.1 Å². The average Bonchev–Trinajstić information content (AvgIpc) is 2.45. The first kappa shape index (κ1) is 14.2. The molecule has 3 rings (SSSR count). The van der Waals surface area contributed by atoms with Gasteiger partial charge in [0, 0.05) is 0 Å². The van der Waals surface area contributed by atoms with Crippen molar-refractivity contribution in [2.24, 2.45) is 0 Å². The van der Waals surface area contributed by atoms with Crippen LogP contribution in [0.4, 0.5) is 0 Å². The summed E-state index contributed by atoms with van der Waals surface area (Å²) in [5, 5.41) is 11.1. The molecule has 0 amide bonds. The van der Waals surface area contributed by atoms with Crippen LogP contribution in [0.25, 0.3) is 0 Å². The van der Waals surface area contributed by atoms with Crippen LogP contribution in [-0.4, -0.2) is 18.3 Å². The summed E-state index contributed by atoms with van der Waals surface area (Å²) < 4.78 is 11.1. The van der Waals surface area contributed by atoms with E-state index in [0.717, 1.165) is 16.7 Å². The predicted molar refractivity (Wildman–Crippen MR) is 82.4 cm³/mol. The van der Waals surface area contributed by atoms with Crippen molar-refractivity contribution >= 4 is 11.6 Å². The number of fused-ring (bicyclic) bond motifs is 1. The Morgan fingerprint density at radius 3 is 2.29 bits per heavy atom. The molecule has 0 aromatic heterocycles. The summed E-state index contributed by atoms with van der Waals surface area (Å²) in [4.78, 5) is 0. The molecule has 1 heterocycles. The number of hydrogen-bond acceptors (Lipinski definition) is 3. The Balaban J connectivity index is 2.01. The molecule has 0 spiro atoms. The van der Waals surface area contributed by atoms with E-state index in [1.54, 1.807) is 12.1 Å². The van der Waals surface area contributed by atoms with Gasteiger partial charge in [0.25, 0.3) is 0 Å². The lowest BCUT2D eigenvalue weighted by Crippen LogP contribution is -2.16. The molecular weight excluding hydrogens is 288 g/mol. The third kappa shape index (κ3) is 2.85. The fourth-order valence-corrected chi connectivity index (χ4v) is 2.92. The lowest BCUT2D eigenvalue weighted by Gasteiger charge is -2.22. The maximum absolute atomic E-state index is 10.6. The van der Waals surface area contributed by atoms with E-state index in [9.17, 15) is 5.11 Å². The zero-order valence-electron chi connectivity index (χ0n) is 12.0. The van der Waals surface area contributed by atoms with Crippen molar-refractivity contribution in [2.75, 3.05) is 13.2 Å². The van der Waals surface area contributed by atoms with Gasteiger partial charge in [0.05, 0.1) is 5.02 Å². The number of aliphatic hydroxyl groups is 1. The van der Waals surface area contributed by atoms with Crippen molar-refractivity contribution < 1.29 is 14.6 Å². The Morgan fingerprint density at radius 2 is 1.57 bits per heavy atom. The summed E-state index contributed by atoms with van der Waals surface area (Å²) in [7, 11) is 0. The highest BCUT2D eigenvalue weighted by Gasteiger charge is 2.20. The third-order valence-electron chi connectivity index (χ3n) is 3.49. The SMILES string of the molecule is Cc1cc(C)cc(C(O)c2cc(Cl)c3c(c2)OCCO3)c1. The maximum atomic E-state index is 10.6. The van der Waals surface area contributed by atoms with Crippen molar-refractivity contribution in [2.45, 2.75) is 20.0 Å². The minimum Gasteiger partial charge on any atom is -0.486 e. The summed E-state index contributed by atoms with van der Waals surface area (Å²) in [5.41, 5.74) is 3.79. The predicted octanol–water partition coefficient (Wildman–Crippen LogP) is 3.81. The van der Waals surface area contributed by atoms with Gasteiger partial charge in [-0.3, -0.25) is 0 Å². The van der Waals surface area contributed by atoms with Gasteiger partial charge < -0.3 is 14.6 Å². The summed E-state index contributed by atoms with van der Waals surface area (Å²) >= 11 is 6.23. The lowest BCUT2D eigenvalue weighted by molar-refractivity contribution is 0.170. The molecule has 1 atom stereocenters. The van der Waals surface area contributed by atoms with Gasteiger partial charge in [-0.15, -0.1) is 0 Å². The van der Waals surface area contributed by atoms with Crippen LogP contribution in [0.2, 0.25) is 5.02 Å². The number of aryl methyl sites for hydroxylation is 2. The van der Waals surface area contributed by atoms with Crippen molar-refractivity contribution in [3.05, 3.63) is 57.6 Å². The van der Waals surface area contributed by atoms with E-state index in [-0.39, 0.29) is 0 Å². The summed E-state index contributed by atoms with van der Waals surface area (Å²) in [6, 6.07) is 9.55. The van der Waals surface area contributed by atoms with Gasteiger partial charge in [-0.1, -0.05) is 40.9 Å². The lowest BCUT2D eigenvalue weighted by atomic mass is 9.97. The Morgan fingerprint density at radius 1 is 0.952 bits per heavy atom. The van der Waals surface area contributed by atoms with Gasteiger partial charge in [0.2, 0.25) is 0 Å². The number of aliphatic hydroxyl groups excluding tert-OH is 1. The second-order valence-corrected chi connectivity index (χ2v) is 5.76. The molecule has 2 aromatic rings. The van der Waals surface area contributed by atoms with Crippen LogP contribution >= 0.6 is 11.6 Å². The molecule has 0 saturated heterocycles. The van der Waals surface area contributed by atoms with Gasteiger partial charge in [-0.2, -0.15) is 0 Å². The van der Waals surface area contributed by atoms with Crippen molar-refractivity contribution in [1.82, 2.24) is 0 Å². The second-order valence-electron chi connectivity index (χ2n) is 5.35. The van der Waals surface area contributed by atoms with Gasteiger partial charge in [0.1, 0.15) is 19.3 Å². The minimum absolute atomic E-state index is 0.464. The smallest absolute Gasteiger partial charge is 0.179 e. The number of rotatable bonds is 2. The molecule has 3 nitrogen and oxygen atoms in total. The monoisotopic (exact) mass is 304 g/mol. The molecule has 0 radical (unpaired) electrons. The summed E-state index contributed by atoms with van der Waals surface area (Å²) in [6.45, 7) is 5.01. The van der Waals surface area contributed by atoms with Crippen LogP contribution in [0.15, 0.2) is 30.3 Å². The van der Waals surface area contributed by atoms with Crippen LogP contribution in [0.1, 0.15) is 28.4 Å². The molecule has 1 aliphatic heterocycles. The summed E-state index contributed by atoms with van der Waals surface area (Å²) in [6.07, 6.45) is -0.739. The Bertz CT molecular complexity index is 662. The molecule has 1 unspecified atom stereocenters. The topological polar surface area (TPSA) is 38.7 Å². The fourth-order valence-electron chi connectivity index (χ4n) is 2.65. The van der Waals surface area contributed by atoms with Crippen LogP contribution in [0.5, 0.6) is 11.5 Å². The first-order valence-corrected chi connectivity index (χ1v) is 7.27. The van der Waals surface area contributed by atoms with Crippen molar-refractivity contribution in [1.29, 1.82) is 0 Å². The van der Waals surface area contributed by atoms with E-state index in [1.165, 1.54) is 0 Å². The normalized spacial score (nSPS) is 14.9.